The number of carboxylic acid groups (broad SMARTS) is 1. The van der Waals surface area contributed by atoms with Crippen molar-refractivity contribution in [2.75, 3.05) is 31.1 Å². The zero-order valence-corrected chi connectivity index (χ0v) is 20.7. The number of primary amides is 1. The fourth-order valence-electron chi connectivity index (χ4n) is 2.98. The SMILES string of the molecule is NC(=O)N(c1ccccc1Br)c1ccc(Cl)c(S(=O)(=O)N2CCNCC2)c1O.O=C(O)C(F)(F)F. The topological polar surface area (TPSA) is 153 Å². The van der Waals surface area contributed by atoms with Gasteiger partial charge < -0.3 is 21.3 Å². The molecule has 0 saturated carbocycles. The van der Waals surface area contributed by atoms with Gasteiger partial charge in [0.25, 0.3) is 0 Å². The number of urea groups is 1. The van der Waals surface area contributed by atoms with Crippen LogP contribution in [0.4, 0.5) is 29.3 Å². The minimum Gasteiger partial charge on any atom is -0.504 e. The number of piperazine rings is 1. The molecule has 1 saturated heterocycles. The van der Waals surface area contributed by atoms with Gasteiger partial charge in [0, 0.05) is 30.7 Å². The number of alkyl halides is 3. The van der Waals surface area contributed by atoms with Gasteiger partial charge in [0.15, 0.2) is 5.75 Å². The van der Waals surface area contributed by atoms with Crippen molar-refractivity contribution in [3.8, 4) is 5.75 Å². The Morgan fingerprint density at radius 1 is 1.11 bits per heavy atom. The highest BCUT2D eigenvalue weighted by molar-refractivity contribution is 9.10. The Morgan fingerprint density at radius 3 is 2.14 bits per heavy atom. The second kappa shape index (κ2) is 11.4. The molecule has 0 spiro atoms. The van der Waals surface area contributed by atoms with Crippen LogP contribution in [0.15, 0.2) is 45.8 Å². The number of hydrogen-bond acceptors (Lipinski definition) is 6. The van der Waals surface area contributed by atoms with E-state index in [9.17, 15) is 31.5 Å². The van der Waals surface area contributed by atoms with E-state index in [0.717, 1.165) is 4.90 Å². The zero-order chi connectivity index (χ0) is 26.6. The van der Waals surface area contributed by atoms with E-state index in [-0.39, 0.29) is 23.8 Å². The van der Waals surface area contributed by atoms with Crippen LogP contribution >= 0.6 is 27.5 Å². The van der Waals surface area contributed by atoms with Crippen molar-refractivity contribution in [3.05, 3.63) is 45.9 Å². The third kappa shape index (κ3) is 6.76. The molecule has 2 aromatic rings. The van der Waals surface area contributed by atoms with Crippen molar-refractivity contribution in [2.24, 2.45) is 5.73 Å². The van der Waals surface area contributed by atoms with E-state index in [1.165, 1.54) is 16.4 Å². The van der Waals surface area contributed by atoms with Gasteiger partial charge in [-0.25, -0.2) is 18.0 Å². The fourth-order valence-corrected chi connectivity index (χ4v) is 5.47. The average molecular weight is 604 g/mol. The number of rotatable bonds is 4. The highest BCUT2D eigenvalue weighted by atomic mass is 79.9. The van der Waals surface area contributed by atoms with Gasteiger partial charge in [0.1, 0.15) is 4.90 Å². The minimum absolute atomic E-state index is 0.0856. The van der Waals surface area contributed by atoms with Gasteiger partial charge >= 0.3 is 18.2 Å². The molecule has 192 valence electrons. The van der Waals surface area contributed by atoms with Crippen LogP contribution in [0.25, 0.3) is 0 Å². The molecule has 2 aromatic carbocycles. The Morgan fingerprint density at radius 2 is 1.66 bits per heavy atom. The standard InChI is InChI=1S/C17H18BrClN4O4S.C2HF3O2/c18-11-3-1-2-4-13(11)23(17(20)25)14-6-5-12(19)16(15(14)24)28(26,27)22-9-7-21-8-10-22;3-2(4,5)1(6)7/h1-6,21,24H,7-10H2,(H2,20,25);(H,6,7). The molecule has 0 bridgehead atoms. The second-order valence-corrected chi connectivity index (χ2v) is 9.96. The van der Waals surface area contributed by atoms with Crippen molar-refractivity contribution in [2.45, 2.75) is 11.1 Å². The molecule has 16 heteroatoms. The van der Waals surface area contributed by atoms with E-state index in [1.54, 1.807) is 24.3 Å². The molecular formula is C19H19BrClF3N4O6S. The third-order valence-electron chi connectivity index (χ3n) is 4.53. The summed E-state index contributed by atoms with van der Waals surface area (Å²) in [6.45, 7) is 1.46. The van der Waals surface area contributed by atoms with Crippen LogP contribution in [-0.4, -0.2) is 67.3 Å². The number of nitrogens with two attached hydrogens (primary N) is 1. The predicted octanol–water partition coefficient (Wildman–Crippen LogP) is 3.25. The van der Waals surface area contributed by atoms with Crippen molar-refractivity contribution in [3.63, 3.8) is 0 Å². The maximum Gasteiger partial charge on any atom is 0.490 e. The first-order valence-electron chi connectivity index (χ1n) is 9.56. The van der Waals surface area contributed by atoms with Crippen molar-refractivity contribution in [1.82, 2.24) is 9.62 Å². The molecular weight excluding hydrogens is 585 g/mol. The highest BCUT2D eigenvalue weighted by Gasteiger charge is 2.38. The van der Waals surface area contributed by atoms with Crippen LogP contribution in [0.5, 0.6) is 5.75 Å². The summed E-state index contributed by atoms with van der Waals surface area (Å²) in [7, 11) is -4.08. The number of carbonyl (C=O) groups excluding carboxylic acids is 1. The second-order valence-electron chi connectivity index (χ2n) is 6.83. The number of carboxylic acids is 1. The third-order valence-corrected chi connectivity index (χ3v) is 7.60. The number of anilines is 2. The van der Waals surface area contributed by atoms with E-state index in [4.69, 9.17) is 27.2 Å². The lowest BCUT2D eigenvalue weighted by atomic mass is 10.2. The minimum atomic E-state index is -5.08. The van der Waals surface area contributed by atoms with Gasteiger partial charge in [-0.2, -0.15) is 17.5 Å². The number of benzene rings is 2. The number of aliphatic carboxylic acids is 1. The van der Waals surface area contributed by atoms with Crippen LogP contribution in [-0.2, 0) is 14.8 Å². The van der Waals surface area contributed by atoms with Crippen LogP contribution in [0.2, 0.25) is 5.02 Å². The number of halogens is 5. The van der Waals surface area contributed by atoms with E-state index in [2.05, 4.69) is 21.2 Å². The summed E-state index contributed by atoms with van der Waals surface area (Å²) in [5.74, 6) is -3.40. The van der Waals surface area contributed by atoms with Crippen LogP contribution in [0, 0.1) is 0 Å². The molecule has 0 aliphatic carbocycles. The number of sulfonamides is 1. The lowest BCUT2D eigenvalue weighted by molar-refractivity contribution is -0.192. The van der Waals surface area contributed by atoms with Crippen molar-refractivity contribution in [1.29, 1.82) is 0 Å². The van der Waals surface area contributed by atoms with Crippen LogP contribution in [0.3, 0.4) is 0 Å². The molecule has 5 N–H and O–H groups in total. The summed E-state index contributed by atoms with van der Waals surface area (Å²) in [4.78, 5) is 21.6. The molecule has 10 nitrogen and oxygen atoms in total. The van der Waals surface area contributed by atoms with Gasteiger partial charge in [-0.05, 0) is 40.2 Å². The largest absolute Gasteiger partial charge is 0.504 e. The molecule has 0 atom stereocenters. The Bertz CT molecular complexity index is 1210. The van der Waals surface area contributed by atoms with E-state index < -0.39 is 38.8 Å². The van der Waals surface area contributed by atoms with Gasteiger partial charge in [0.2, 0.25) is 10.0 Å². The van der Waals surface area contributed by atoms with Gasteiger partial charge in [-0.3, -0.25) is 4.90 Å². The van der Waals surface area contributed by atoms with E-state index >= 15 is 0 Å². The molecule has 1 heterocycles. The predicted molar refractivity (Wildman–Crippen MR) is 124 cm³/mol. The first kappa shape index (κ1) is 28.6. The Hall–Kier alpha value is -2.59. The Balaban J connectivity index is 0.000000540. The maximum atomic E-state index is 13.1. The normalized spacial score (nSPS) is 14.5. The number of carbonyl (C=O) groups is 2. The number of nitrogens with zero attached hydrogens (tertiary/aromatic N) is 2. The summed E-state index contributed by atoms with van der Waals surface area (Å²) in [5, 5.41) is 20.9. The Labute approximate surface area is 211 Å². The number of phenols is 1. The molecule has 35 heavy (non-hydrogen) atoms. The highest BCUT2D eigenvalue weighted by Crippen LogP contribution is 2.43. The summed E-state index contributed by atoms with van der Waals surface area (Å²) in [6.07, 6.45) is -5.08. The van der Waals surface area contributed by atoms with Crippen molar-refractivity contribution < 1.29 is 41.4 Å². The summed E-state index contributed by atoms with van der Waals surface area (Å²) in [5.41, 5.74) is 5.79. The molecule has 1 aliphatic heterocycles. The number of hydrogen-bond donors (Lipinski definition) is 4. The number of phenolic OH excluding ortho intramolecular Hbond substituents is 1. The number of nitrogens with one attached hydrogen (secondary N) is 1. The van der Waals surface area contributed by atoms with E-state index in [0.29, 0.717) is 23.2 Å². The summed E-state index contributed by atoms with van der Waals surface area (Å²) >= 11 is 9.47. The zero-order valence-electron chi connectivity index (χ0n) is 17.6. The number of para-hydroxylation sites is 1. The average Bonchev–Trinajstić information content (AvgIpc) is 2.77. The smallest absolute Gasteiger partial charge is 0.490 e. The monoisotopic (exact) mass is 602 g/mol. The molecule has 0 unspecified atom stereocenters. The van der Waals surface area contributed by atoms with Crippen molar-refractivity contribution >= 4 is 60.9 Å². The fraction of sp³-hybridized carbons (Fsp3) is 0.263. The van der Waals surface area contributed by atoms with Crippen LogP contribution in [0.1, 0.15) is 0 Å². The molecule has 0 aromatic heterocycles. The first-order chi connectivity index (χ1) is 16.2. The molecule has 0 radical (unpaired) electrons. The van der Waals surface area contributed by atoms with Gasteiger partial charge in [0.05, 0.1) is 16.4 Å². The molecule has 3 rings (SSSR count). The maximum absolute atomic E-state index is 13.1. The first-order valence-corrected chi connectivity index (χ1v) is 12.2. The van der Waals surface area contributed by atoms with Gasteiger partial charge in [-0.1, -0.05) is 23.7 Å². The lowest BCUT2D eigenvalue weighted by Gasteiger charge is -2.28. The quantitative estimate of drug-likeness (QED) is 0.418. The molecule has 2 amide bonds. The lowest BCUT2D eigenvalue weighted by Crippen LogP contribution is -2.46. The number of amides is 2. The number of aromatic hydroxyl groups is 1. The Kier molecular flexibility index (Phi) is 9.36. The summed E-state index contributed by atoms with van der Waals surface area (Å²) in [6, 6.07) is 8.49. The molecule has 1 aliphatic rings. The van der Waals surface area contributed by atoms with E-state index in [1.807, 2.05) is 0 Å². The van der Waals surface area contributed by atoms with Crippen LogP contribution < -0.4 is 16.0 Å². The summed E-state index contributed by atoms with van der Waals surface area (Å²) < 4.78 is 59.7. The molecule has 1 fully saturated rings. The van der Waals surface area contributed by atoms with Gasteiger partial charge in [-0.15, -0.1) is 0 Å².